The Hall–Kier alpha value is -2.68. The van der Waals surface area contributed by atoms with E-state index in [0.29, 0.717) is 0 Å². The Morgan fingerprint density at radius 3 is 2.48 bits per heavy atom. The molecule has 0 radical (unpaired) electrons. The number of hydrogen-bond donors (Lipinski definition) is 2. The molecule has 0 saturated heterocycles. The third-order valence-electron chi connectivity index (χ3n) is 2.44. The second-order valence-electron chi connectivity index (χ2n) is 3.85. The van der Waals surface area contributed by atoms with Crippen LogP contribution in [0.3, 0.4) is 0 Å². The lowest BCUT2D eigenvalue weighted by molar-refractivity contribution is -0.385. The number of aromatic carboxylic acids is 1. The summed E-state index contributed by atoms with van der Waals surface area (Å²) in [5.74, 6) is -2.59. The molecule has 0 atom stereocenters. The van der Waals surface area contributed by atoms with Gasteiger partial charge in [0.15, 0.2) is 5.76 Å². The predicted molar refractivity (Wildman–Crippen MR) is 74.4 cm³/mol. The number of halogens is 1. The predicted octanol–water partition coefficient (Wildman–Crippen LogP) is 2.90. The lowest BCUT2D eigenvalue weighted by Gasteiger charge is -2.03. The van der Waals surface area contributed by atoms with Crippen molar-refractivity contribution in [1.82, 2.24) is 0 Å². The number of carboxylic acids is 1. The van der Waals surface area contributed by atoms with Gasteiger partial charge in [-0.05, 0) is 40.2 Å². The molecule has 0 unspecified atom stereocenters. The Kier molecular flexibility index (Phi) is 4.03. The number of nitrogens with one attached hydrogen (secondary N) is 1. The first-order chi connectivity index (χ1) is 9.88. The number of carbonyl (C=O) groups excluding carboxylic acids is 1. The lowest BCUT2D eigenvalue weighted by Crippen LogP contribution is -2.11. The molecule has 0 aliphatic carbocycles. The van der Waals surface area contributed by atoms with E-state index in [1.807, 2.05) is 0 Å². The number of furan rings is 1. The van der Waals surface area contributed by atoms with Crippen LogP contribution < -0.4 is 5.32 Å². The molecule has 9 heteroatoms. The Morgan fingerprint density at radius 1 is 1.24 bits per heavy atom. The van der Waals surface area contributed by atoms with E-state index in [0.717, 1.165) is 6.07 Å². The minimum absolute atomic E-state index is 0.183. The van der Waals surface area contributed by atoms with Crippen molar-refractivity contribution in [2.45, 2.75) is 0 Å². The number of hydrogen-bond acceptors (Lipinski definition) is 5. The maximum Gasteiger partial charge on any atom is 0.371 e. The third kappa shape index (κ3) is 3.26. The first-order valence-corrected chi connectivity index (χ1v) is 6.26. The number of rotatable bonds is 4. The van der Waals surface area contributed by atoms with Crippen LogP contribution in [-0.4, -0.2) is 21.9 Å². The van der Waals surface area contributed by atoms with Crippen LogP contribution >= 0.6 is 15.9 Å². The maximum absolute atomic E-state index is 11.8. The number of carbonyl (C=O) groups is 2. The molecule has 1 aromatic heterocycles. The van der Waals surface area contributed by atoms with Gasteiger partial charge in [-0.2, -0.15) is 0 Å². The molecule has 1 heterocycles. The fraction of sp³-hybridized carbons (Fsp3) is 0. The summed E-state index contributed by atoms with van der Waals surface area (Å²) < 4.78 is 5.10. The molecule has 8 nitrogen and oxygen atoms in total. The molecule has 0 spiro atoms. The van der Waals surface area contributed by atoms with Gasteiger partial charge in [0.25, 0.3) is 11.6 Å². The van der Waals surface area contributed by atoms with Crippen LogP contribution in [0.4, 0.5) is 11.4 Å². The van der Waals surface area contributed by atoms with Crippen molar-refractivity contribution in [3.63, 3.8) is 0 Å². The molecule has 0 aliphatic rings. The van der Waals surface area contributed by atoms with E-state index >= 15 is 0 Å². The lowest BCUT2D eigenvalue weighted by atomic mass is 10.2. The van der Waals surface area contributed by atoms with Gasteiger partial charge in [-0.25, -0.2) is 4.79 Å². The van der Waals surface area contributed by atoms with Crippen LogP contribution in [0.25, 0.3) is 0 Å². The largest absolute Gasteiger partial charge is 0.475 e. The summed E-state index contributed by atoms with van der Waals surface area (Å²) in [7, 11) is 0. The van der Waals surface area contributed by atoms with Crippen molar-refractivity contribution in [3.8, 4) is 0 Å². The van der Waals surface area contributed by atoms with Gasteiger partial charge < -0.3 is 14.8 Å². The maximum atomic E-state index is 11.8. The van der Waals surface area contributed by atoms with E-state index < -0.39 is 16.8 Å². The van der Waals surface area contributed by atoms with Gasteiger partial charge in [-0.15, -0.1) is 0 Å². The summed E-state index contributed by atoms with van der Waals surface area (Å²) in [6.45, 7) is 0. The number of carboxylic acid groups (broad SMARTS) is 1. The first kappa shape index (κ1) is 14.7. The summed E-state index contributed by atoms with van der Waals surface area (Å²) in [6, 6.07) is 6.38. The number of nitrogens with zero attached hydrogens (tertiary/aromatic N) is 1. The van der Waals surface area contributed by atoms with Gasteiger partial charge in [-0.1, -0.05) is 0 Å². The number of nitro benzene ring substituents is 1. The molecular formula is C12H7BrN2O6. The van der Waals surface area contributed by atoms with Gasteiger partial charge in [-0.3, -0.25) is 14.9 Å². The zero-order valence-corrected chi connectivity index (χ0v) is 11.8. The molecule has 0 fully saturated rings. The van der Waals surface area contributed by atoms with Crippen molar-refractivity contribution in [2.75, 3.05) is 5.32 Å². The Balaban J connectivity index is 2.21. The van der Waals surface area contributed by atoms with Crippen molar-refractivity contribution in [1.29, 1.82) is 0 Å². The second kappa shape index (κ2) is 5.75. The van der Waals surface area contributed by atoms with Crippen molar-refractivity contribution in [3.05, 3.63) is 56.4 Å². The fourth-order valence-electron chi connectivity index (χ4n) is 1.50. The van der Waals surface area contributed by atoms with Crippen LogP contribution in [0.5, 0.6) is 0 Å². The van der Waals surface area contributed by atoms with Crippen LogP contribution in [-0.2, 0) is 0 Å². The normalized spacial score (nSPS) is 10.1. The summed E-state index contributed by atoms with van der Waals surface area (Å²) in [5, 5.41) is 21.9. The second-order valence-corrected chi connectivity index (χ2v) is 4.70. The van der Waals surface area contributed by atoms with Crippen LogP contribution in [0.2, 0.25) is 0 Å². The van der Waals surface area contributed by atoms with Crippen LogP contribution in [0, 0.1) is 10.1 Å². The van der Waals surface area contributed by atoms with Crippen molar-refractivity contribution < 1.29 is 24.0 Å². The summed E-state index contributed by atoms with van der Waals surface area (Å²) >= 11 is 3.02. The standard InChI is InChI=1S/C12H7BrN2O6/c13-7-2-1-6(5-8(7)15(19)20)14-11(16)9-3-4-10(21-9)12(17)18/h1-5H,(H,14,16)(H,17,18). The molecule has 2 N–H and O–H groups in total. The van der Waals surface area contributed by atoms with Gasteiger partial charge in [0, 0.05) is 11.8 Å². The molecule has 2 aromatic rings. The van der Waals surface area contributed by atoms with Crippen LogP contribution in [0.1, 0.15) is 21.1 Å². The third-order valence-corrected chi connectivity index (χ3v) is 3.11. The topological polar surface area (TPSA) is 123 Å². The van der Waals surface area contributed by atoms with Gasteiger partial charge in [0.05, 0.1) is 9.40 Å². The Bertz CT molecular complexity index is 739. The highest BCUT2D eigenvalue weighted by Gasteiger charge is 2.17. The smallest absolute Gasteiger partial charge is 0.371 e. The SMILES string of the molecule is O=C(O)c1ccc(C(=O)Nc2ccc(Br)c([N+](=O)[O-])c2)o1. The molecular weight excluding hydrogens is 348 g/mol. The number of nitro groups is 1. The highest BCUT2D eigenvalue weighted by Crippen LogP contribution is 2.28. The summed E-state index contributed by atoms with van der Waals surface area (Å²) in [5.41, 5.74) is -0.0263. The van der Waals surface area contributed by atoms with Gasteiger partial charge in [0.1, 0.15) is 0 Å². The molecule has 108 valence electrons. The number of benzene rings is 1. The molecule has 0 bridgehead atoms. The van der Waals surface area contributed by atoms with Gasteiger partial charge >= 0.3 is 5.97 Å². The summed E-state index contributed by atoms with van der Waals surface area (Å²) in [6.07, 6.45) is 0. The Labute approximate surface area is 125 Å². The van der Waals surface area contributed by atoms with E-state index in [9.17, 15) is 19.7 Å². The average molecular weight is 355 g/mol. The highest BCUT2D eigenvalue weighted by molar-refractivity contribution is 9.10. The van der Waals surface area contributed by atoms with Crippen LogP contribution in [0.15, 0.2) is 39.2 Å². The molecule has 0 aliphatic heterocycles. The average Bonchev–Trinajstić information content (AvgIpc) is 2.90. The summed E-state index contributed by atoms with van der Waals surface area (Å²) in [4.78, 5) is 32.7. The van der Waals surface area contributed by atoms with Gasteiger partial charge in [0.2, 0.25) is 5.76 Å². The van der Waals surface area contributed by atoms with E-state index in [1.54, 1.807) is 0 Å². The monoisotopic (exact) mass is 354 g/mol. The van der Waals surface area contributed by atoms with E-state index in [1.165, 1.54) is 24.3 Å². The van der Waals surface area contributed by atoms with Crippen molar-refractivity contribution in [2.24, 2.45) is 0 Å². The zero-order chi connectivity index (χ0) is 15.6. The Morgan fingerprint density at radius 2 is 1.90 bits per heavy atom. The van der Waals surface area contributed by atoms with E-state index in [2.05, 4.69) is 21.2 Å². The first-order valence-electron chi connectivity index (χ1n) is 5.47. The molecule has 21 heavy (non-hydrogen) atoms. The van der Waals surface area contributed by atoms with Crippen molar-refractivity contribution >= 4 is 39.2 Å². The molecule has 1 aromatic carbocycles. The van der Waals surface area contributed by atoms with E-state index in [-0.39, 0.29) is 27.4 Å². The number of amides is 1. The molecule has 2 rings (SSSR count). The highest BCUT2D eigenvalue weighted by atomic mass is 79.9. The van der Waals surface area contributed by atoms with E-state index in [4.69, 9.17) is 9.52 Å². The minimum Gasteiger partial charge on any atom is -0.475 e. The quantitative estimate of drug-likeness (QED) is 0.642. The number of anilines is 1. The fourth-order valence-corrected chi connectivity index (χ4v) is 1.89. The molecule has 0 saturated carbocycles. The zero-order valence-electron chi connectivity index (χ0n) is 10.2. The molecule has 1 amide bonds. The minimum atomic E-state index is -1.30.